The summed E-state index contributed by atoms with van der Waals surface area (Å²) in [7, 11) is 0. The van der Waals surface area contributed by atoms with Crippen LogP contribution in [0.2, 0.25) is 0 Å². The van der Waals surface area contributed by atoms with Crippen molar-refractivity contribution >= 4 is 5.69 Å². The molecule has 3 heteroatoms. The van der Waals surface area contributed by atoms with E-state index in [1.54, 1.807) is 24.3 Å². The highest BCUT2D eigenvalue weighted by atomic mass is 19.1. The van der Waals surface area contributed by atoms with E-state index in [4.69, 9.17) is 5.73 Å². The van der Waals surface area contributed by atoms with Gasteiger partial charge in [-0.15, -0.1) is 0 Å². The Balaban J connectivity index is 2.23. The molecule has 0 aromatic heterocycles. The van der Waals surface area contributed by atoms with Crippen molar-refractivity contribution in [2.45, 2.75) is 6.42 Å². The average molecular weight is 219 g/mol. The van der Waals surface area contributed by atoms with Crippen molar-refractivity contribution in [2.75, 3.05) is 5.73 Å². The van der Waals surface area contributed by atoms with Gasteiger partial charge in [-0.2, -0.15) is 0 Å². The lowest BCUT2D eigenvalue weighted by molar-refractivity contribution is 0.614. The molecule has 0 fully saturated rings. The summed E-state index contributed by atoms with van der Waals surface area (Å²) in [5, 5.41) is 0. The molecule has 0 aliphatic rings. The number of nitrogens with two attached hydrogens (primary N) is 1. The van der Waals surface area contributed by atoms with Crippen molar-refractivity contribution in [2.24, 2.45) is 0 Å². The van der Waals surface area contributed by atoms with E-state index in [0.717, 1.165) is 5.56 Å². The van der Waals surface area contributed by atoms with Gasteiger partial charge < -0.3 is 5.73 Å². The monoisotopic (exact) mass is 219 g/mol. The summed E-state index contributed by atoms with van der Waals surface area (Å²) in [6.45, 7) is 0. The number of hydrogen-bond acceptors (Lipinski definition) is 1. The van der Waals surface area contributed by atoms with Crippen molar-refractivity contribution in [3.63, 3.8) is 0 Å². The standard InChI is InChI=1S/C13H11F2N/c14-11-4-1-9(2-5-11)7-10-3-6-12(16)8-13(10)15/h1-6,8H,7,16H2. The highest BCUT2D eigenvalue weighted by Gasteiger charge is 2.03. The van der Waals surface area contributed by atoms with Crippen LogP contribution in [0.3, 0.4) is 0 Å². The smallest absolute Gasteiger partial charge is 0.128 e. The van der Waals surface area contributed by atoms with E-state index < -0.39 is 0 Å². The Bertz CT molecular complexity index is 492. The van der Waals surface area contributed by atoms with Crippen LogP contribution in [-0.4, -0.2) is 0 Å². The predicted molar refractivity (Wildman–Crippen MR) is 60.0 cm³/mol. The van der Waals surface area contributed by atoms with Gasteiger partial charge in [-0.05, 0) is 35.4 Å². The second-order valence-electron chi connectivity index (χ2n) is 3.65. The molecule has 2 aromatic carbocycles. The quantitative estimate of drug-likeness (QED) is 0.771. The van der Waals surface area contributed by atoms with E-state index in [1.165, 1.54) is 18.2 Å². The van der Waals surface area contributed by atoms with Crippen molar-refractivity contribution < 1.29 is 8.78 Å². The fraction of sp³-hybridized carbons (Fsp3) is 0.0769. The predicted octanol–water partition coefficient (Wildman–Crippen LogP) is 3.14. The molecule has 0 unspecified atom stereocenters. The number of rotatable bonds is 2. The first-order valence-electron chi connectivity index (χ1n) is 4.93. The Morgan fingerprint density at radius 3 is 2.25 bits per heavy atom. The minimum absolute atomic E-state index is 0.290. The molecule has 16 heavy (non-hydrogen) atoms. The van der Waals surface area contributed by atoms with Crippen LogP contribution in [0.5, 0.6) is 0 Å². The van der Waals surface area contributed by atoms with Crippen LogP contribution in [0.4, 0.5) is 14.5 Å². The molecule has 0 atom stereocenters. The SMILES string of the molecule is Nc1ccc(Cc2ccc(F)cc2)c(F)c1. The van der Waals surface area contributed by atoms with E-state index >= 15 is 0 Å². The molecule has 0 aliphatic heterocycles. The molecule has 2 rings (SSSR count). The van der Waals surface area contributed by atoms with Crippen molar-refractivity contribution in [1.82, 2.24) is 0 Å². The molecule has 1 nitrogen and oxygen atoms in total. The fourth-order valence-electron chi connectivity index (χ4n) is 1.53. The maximum atomic E-state index is 13.5. The number of nitrogen functional groups attached to an aromatic ring is 1. The highest BCUT2D eigenvalue weighted by Crippen LogP contribution is 2.16. The van der Waals surface area contributed by atoms with Gasteiger partial charge in [0.05, 0.1) is 0 Å². The molecular weight excluding hydrogens is 208 g/mol. The lowest BCUT2D eigenvalue weighted by Crippen LogP contribution is -1.95. The van der Waals surface area contributed by atoms with Gasteiger partial charge in [-0.1, -0.05) is 18.2 Å². The van der Waals surface area contributed by atoms with Crippen LogP contribution in [0.15, 0.2) is 42.5 Å². The second-order valence-corrected chi connectivity index (χ2v) is 3.65. The van der Waals surface area contributed by atoms with E-state index in [1.807, 2.05) is 0 Å². The van der Waals surface area contributed by atoms with Gasteiger partial charge in [0.15, 0.2) is 0 Å². The van der Waals surface area contributed by atoms with Crippen LogP contribution in [0.25, 0.3) is 0 Å². The minimum Gasteiger partial charge on any atom is -0.399 e. The zero-order valence-corrected chi connectivity index (χ0v) is 8.58. The van der Waals surface area contributed by atoms with Crippen LogP contribution >= 0.6 is 0 Å². The third kappa shape index (κ3) is 2.37. The van der Waals surface area contributed by atoms with Crippen LogP contribution in [0.1, 0.15) is 11.1 Å². The summed E-state index contributed by atoms with van der Waals surface area (Å²) in [6, 6.07) is 10.6. The summed E-state index contributed by atoms with van der Waals surface area (Å²) in [5.41, 5.74) is 7.28. The zero-order chi connectivity index (χ0) is 11.5. The van der Waals surface area contributed by atoms with Gasteiger partial charge in [0.2, 0.25) is 0 Å². The fourth-order valence-corrected chi connectivity index (χ4v) is 1.53. The maximum Gasteiger partial charge on any atom is 0.128 e. The molecule has 0 amide bonds. The van der Waals surface area contributed by atoms with E-state index in [2.05, 4.69) is 0 Å². The Morgan fingerprint density at radius 2 is 1.62 bits per heavy atom. The van der Waals surface area contributed by atoms with E-state index in [0.29, 0.717) is 17.7 Å². The topological polar surface area (TPSA) is 26.0 Å². The summed E-state index contributed by atoms with van der Waals surface area (Å²) >= 11 is 0. The minimum atomic E-state index is -0.329. The summed E-state index contributed by atoms with van der Waals surface area (Å²) in [4.78, 5) is 0. The normalized spacial score (nSPS) is 10.4. The second kappa shape index (κ2) is 4.31. The van der Waals surface area contributed by atoms with E-state index in [9.17, 15) is 8.78 Å². The van der Waals surface area contributed by atoms with Crippen LogP contribution in [-0.2, 0) is 6.42 Å². The molecule has 0 heterocycles. The molecule has 0 saturated carbocycles. The molecule has 0 spiro atoms. The van der Waals surface area contributed by atoms with Gasteiger partial charge in [-0.3, -0.25) is 0 Å². The van der Waals surface area contributed by atoms with Crippen molar-refractivity contribution in [3.05, 3.63) is 65.2 Å². The first-order chi connectivity index (χ1) is 7.65. The zero-order valence-electron chi connectivity index (χ0n) is 8.58. The first-order valence-corrected chi connectivity index (χ1v) is 4.93. The number of halogens is 2. The number of hydrogen-bond donors (Lipinski definition) is 1. The molecule has 2 aromatic rings. The van der Waals surface area contributed by atoms with Gasteiger partial charge in [0, 0.05) is 12.1 Å². The van der Waals surface area contributed by atoms with Gasteiger partial charge in [0.1, 0.15) is 11.6 Å². The largest absolute Gasteiger partial charge is 0.399 e. The van der Waals surface area contributed by atoms with Gasteiger partial charge in [-0.25, -0.2) is 8.78 Å². The number of anilines is 1. The van der Waals surface area contributed by atoms with E-state index in [-0.39, 0.29) is 11.6 Å². The molecule has 0 bridgehead atoms. The summed E-state index contributed by atoms with van der Waals surface area (Å²) in [6.07, 6.45) is 0.437. The Hall–Kier alpha value is -1.90. The van der Waals surface area contributed by atoms with Gasteiger partial charge in [0.25, 0.3) is 0 Å². The molecule has 0 radical (unpaired) electrons. The average Bonchev–Trinajstić information content (AvgIpc) is 2.25. The summed E-state index contributed by atoms with van der Waals surface area (Å²) in [5.74, 6) is -0.620. The molecule has 0 saturated heterocycles. The Labute approximate surface area is 92.5 Å². The van der Waals surface area contributed by atoms with Crippen molar-refractivity contribution in [1.29, 1.82) is 0 Å². The molecule has 82 valence electrons. The van der Waals surface area contributed by atoms with Gasteiger partial charge >= 0.3 is 0 Å². The summed E-state index contributed by atoms with van der Waals surface area (Å²) < 4.78 is 26.1. The lowest BCUT2D eigenvalue weighted by Gasteiger charge is -2.04. The Morgan fingerprint density at radius 1 is 0.938 bits per heavy atom. The molecular formula is C13H11F2N. The molecule has 0 aliphatic carbocycles. The maximum absolute atomic E-state index is 13.5. The van der Waals surface area contributed by atoms with Crippen molar-refractivity contribution in [3.8, 4) is 0 Å². The third-order valence-electron chi connectivity index (χ3n) is 2.38. The third-order valence-corrected chi connectivity index (χ3v) is 2.38. The van der Waals surface area contributed by atoms with Crippen LogP contribution in [0, 0.1) is 11.6 Å². The highest BCUT2D eigenvalue weighted by molar-refractivity contribution is 5.41. The lowest BCUT2D eigenvalue weighted by atomic mass is 10.0. The Kier molecular flexibility index (Phi) is 2.86. The van der Waals surface area contributed by atoms with Crippen LogP contribution < -0.4 is 5.73 Å². The number of benzene rings is 2. The molecule has 2 N–H and O–H groups in total. The first kappa shape index (κ1) is 10.6.